The molecule has 2 rings (SSSR count). The van der Waals surface area contributed by atoms with Crippen LogP contribution in [0.3, 0.4) is 0 Å². The Bertz CT molecular complexity index is 1540. The van der Waals surface area contributed by atoms with Gasteiger partial charge in [-0.1, -0.05) is 32.4 Å². The molecule has 2 unspecified atom stereocenters. The molecule has 312 valence electrons. The first-order chi connectivity index (χ1) is 26.4. The Kier molecular flexibility index (Phi) is 19.6. The monoisotopic (exact) mass is 809 g/mol. The number of benzene rings is 1. The van der Waals surface area contributed by atoms with E-state index in [1.165, 1.54) is 49.9 Å². The first kappa shape index (κ1) is 47.3. The number of nitrogens with two attached hydrogens (primary N) is 2. The molecule has 0 saturated carbocycles. The molecule has 12 N–H and O–H groups in total. The molecule has 1 fully saturated rings. The van der Waals surface area contributed by atoms with E-state index in [2.05, 4.69) is 31.9 Å². The van der Waals surface area contributed by atoms with Crippen molar-refractivity contribution in [3.05, 3.63) is 39.9 Å². The predicted molar refractivity (Wildman–Crippen MR) is 205 cm³/mol. The van der Waals surface area contributed by atoms with E-state index in [-0.39, 0.29) is 43.2 Å². The maximum absolute atomic E-state index is 13.6. The van der Waals surface area contributed by atoms with Crippen LogP contribution in [-0.2, 0) is 40.0 Å². The molecule has 0 aliphatic carbocycles. The number of nitro groups is 1. The molecule has 20 nitrogen and oxygen atoms in total. The fourth-order valence-electron chi connectivity index (χ4n) is 5.58. The number of nitro benzene ring substituents is 1. The predicted octanol–water partition coefficient (Wildman–Crippen LogP) is -2.39. The Morgan fingerprint density at radius 2 is 1.45 bits per heavy atom. The fourth-order valence-corrected chi connectivity index (χ4v) is 6.63. The average molecular weight is 810 g/mol. The number of nitrogens with one attached hydrogen (secondary N) is 6. The first-order valence-corrected chi connectivity index (χ1v) is 19.5. The second-order valence-corrected chi connectivity index (χ2v) is 15.1. The van der Waals surface area contributed by atoms with E-state index in [1.807, 2.05) is 0 Å². The Morgan fingerprint density at radius 1 is 0.875 bits per heavy atom. The van der Waals surface area contributed by atoms with Crippen LogP contribution in [0.5, 0.6) is 0 Å². The van der Waals surface area contributed by atoms with Crippen molar-refractivity contribution in [2.24, 2.45) is 17.4 Å². The Balaban J connectivity index is 2.20. The number of aliphatic hydroxyl groups excluding tert-OH is 2. The van der Waals surface area contributed by atoms with Gasteiger partial charge < -0.3 is 53.6 Å². The lowest BCUT2D eigenvalue weighted by Crippen LogP contribution is -2.63. The number of hydrogen-bond acceptors (Lipinski definition) is 13. The van der Waals surface area contributed by atoms with Gasteiger partial charge in [-0.15, -0.1) is 0 Å². The molecule has 21 heteroatoms. The minimum atomic E-state index is -1.65. The van der Waals surface area contributed by atoms with Gasteiger partial charge in [0.1, 0.15) is 36.3 Å². The average Bonchev–Trinajstić information content (AvgIpc) is 3.13. The maximum Gasteiger partial charge on any atom is 0.269 e. The van der Waals surface area contributed by atoms with Crippen LogP contribution in [0.2, 0.25) is 0 Å². The van der Waals surface area contributed by atoms with Crippen molar-refractivity contribution in [1.29, 1.82) is 0 Å². The minimum absolute atomic E-state index is 0.0830. The number of non-ortho nitro benzene ring substituents is 1. The lowest BCUT2D eigenvalue weighted by atomic mass is 10.0. The van der Waals surface area contributed by atoms with Crippen LogP contribution in [0, 0.1) is 16.0 Å². The highest BCUT2D eigenvalue weighted by Gasteiger charge is 2.36. The zero-order valence-corrected chi connectivity index (χ0v) is 32.8. The SMILES string of the molecule is CC(C)[C@H](NC(=O)[C@@H](NC(=O)C1CSCCCCCC(=O)NC(CCN)C(=O)N1)[C@@H](C)O)C(=O)N[C@H](C(=O)N[C@@H](Cc1ccc([N+](=O)[O-])cc1)C(N)=O)[C@@H](C)O. The Labute approximate surface area is 328 Å². The van der Waals surface area contributed by atoms with E-state index in [0.29, 0.717) is 17.7 Å². The largest absolute Gasteiger partial charge is 0.391 e. The lowest BCUT2D eigenvalue weighted by molar-refractivity contribution is -0.384. The molecule has 1 aromatic rings. The van der Waals surface area contributed by atoms with Gasteiger partial charge in [-0.2, -0.15) is 11.8 Å². The highest BCUT2D eigenvalue weighted by molar-refractivity contribution is 7.99. The van der Waals surface area contributed by atoms with Crippen LogP contribution >= 0.6 is 11.8 Å². The number of hydrogen-bond donors (Lipinski definition) is 10. The third-order valence-corrected chi connectivity index (χ3v) is 9.98. The Hall–Kier alpha value is -4.86. The summed E-state index contributed by atoms with van der Waals surface area (Å²) < 4.78 is 0. The van der Waals surface area contributed by atoms with Gasteiger partial charge >= 0.3 is 0 Å². The molecule has 8 atom stereocenters. The second kappa shape index (κ2) is 23.3. The van der Waals surface area contributed by atoms with Crippen molar-refractivity contribution in [2.45, 2.75) is 115 Å². The van der Waals surface area contributed by atoms with Crippen molar-refractivity contribution < 1.29 is 48.7 Å². The summed E-state index contributed by atoms with van der Waals surface area (Å²) in [6, 6.07) is -2.97. The van der Waals surface area contributed by atoms with Crippen molar-refractivity contribution in [3.8, 4) is 0 Å². The van der Waals surface area contributed by atoms with E-state index in [4.69, 9.17) is 11.5 Å². The van der Waals surface area contributed by atoms with E-state index in [0.717, 1.165) is 12.8 Å². The molecule has 1 heterocycles. The number of carbonyl (C=O) groups excluding carboxylic acids is 7. The number of aliphatic hydroxyl groups is 2. The third-order valence-electron chi connectivity index (χ3n) is 8.84. The summed E-state index contributed by atoms with van der Waals surface area (Å²) in [6.45, 7) is 5.66. The molecule has 0 spiro atoms. The van der Waals surface area contributed by atoms with Gasteiger partial charge in [0.05, 0.1) is 17.1 Å². The second-order valence-electron chi connectivity index (χ2n) is 13.9. The van der Waals surface area contributed by atoms with E-state index >= 15 is 0 Å². The van der Waals surface area contributed by atoms with E-state index < -0.39 is 94.7 Å². The van der Waals surface area contributed by atoms with Crippen LogP contribution < -0.4 is 43.4 Å². The molecule has 0 aromatic heterocycles. The van der Waals surface area contributed by atoms with Crippen molar-refractivity contribution in [1.82, 2.24) is 31.9 Å². The summed E-state index contributed by atoms with van der Waals surface area (Å²) in [5.74, 6) is -5.54. The maximum atomic E-state index is 13.6. The minimum Gasteiger partial charge on any atom is -0.391 e. The first-order valence-electron chi connectivity index (χ1n) is 18.3. The summed E-state index contributed by atoms with van der Waals surface area (Å²) in [6.07, 6.45) is -0.672. The molecule has 1 aliphatic rings. The number of rotatable bonds is 17. The van der Waals surface area contributed by atoms with E-state index in [9.17, 15) is 53.9 Å². The number of amides is 7. The van der Waals surface area contributed by atoms with Crippen LogP contribution in [0.15, 0.2) is 24.3 Å². The molecule has 56 heavy (non-hydrogen) atoms. The highest BCUT2D eigenvalue weighted by Crippen LogP contribution is 2.15. The molecular formula is C35H55N9O11S. The van der Waals surface area contributed by atoms with Gasteiger partial charge in [0, 0.05) is 30.7 Å². The number of nitrogens with zero attached hydrogens (tertiary/aromatic N) is 1. The summed E-state index contributed by atoms with van der Waals surface area (Å²) in [4.78, 5) is 102. The molecule has 1 aliphatic heterocycles. The van der Waals surface area contributed by atoms with Crippen LogP contribution in [0.1, 0.15) is 65.4 Å². The fraction of sp³-hybridized carbons (Fsp3) is 0.629. The van der Waals surface area contributed by atoms with Crippen LogP contribution in [-0.4, -0.2) is 123 Å². The molecule has 7 amide bonds. The molecule has 0 radical (unpaired) electrons. The summed E-state index contributed by atoms with van der Waals surface area (Å²) in [5.41, 5.74) is 11.4. The Morgan fingerprint density at radius 3 is 2.00 bits per heavy atom. The van der Waals surface area contributed by atoms with Crippen molar-refractivity contribution in [3.63, 3.8) is 0 Å². The van der Waals surface area contributed by atoms with Gasteiger partial charge in [0.25, 0.3) is 5.69 Å². The normalized spacial score (nSPS) is 20.1. The van der Waals surface area contributed by atoms with Gasteiger partial charge in [-0.25, -0.2) is 0 Å². The molecular weight excluding hydrogens is 755 g/mol. The number of primary amides is 1. The molecule has 1 aromatic carbocycles. The number of thioether (sulfide) groups is 1. The standard InChI is InChI=1S/C35H55N9O11S/c1-18(2)27(33(51)43-28(19(3)45)34(52)39-24(30(37)48)16-21-9-11-22(12-10-21)44(54)55)41-35(53)29(20(4)46)42-32(50)25-17-56-15-7-5-6-8-26(47)38-23(13-14-36)31(49)40-25/h9-12,18-20,23-25,27-29,45-46H,5-8,13-17,36H2,1-4H3,(H2,37,48)(H,38,47)(H,39,52)(H,40,49)(H,41,53)(H,42,50)(H,43,51)/t19-,20-,23?,24+,25?,27+,28+,29+/m1/s1. The van der Waals surface area contributed by atoms with Gasteiger partial charge in [-0.3, -0.25) is 43.7 Å². The summed E-state index contributed by atoms with van der Waals surface area (Å²) >= 11 is 1.38. The van der Waals surface area contributed by atoms with Crippen LogP contribution in [0.25, 0.3) is 0 Å². The van der Waals surface area contributed by atoms with Crippen molar-refractivity contribution >= 4 is 58.8 Å². The smallest absolute Gasteiger partial charge is 0.269 e. The molecule has 0 bridgehead atoms. The third kappa shape index (κ3) is 15.3. The quantitative estimate of drug-likeness (QED) is 0.0581. The zero-order valence-electron chi connectivity index (χ0n) is 31.9. The summed E-state index contributed by atoms with van der Waals surface area (Å²) in [7, 11) is 0. The number of carbonyl (C=O) groups is 7. The topological polar surface area (TPSA) is 327 Å². The van der Waals surface area contributed by atoms with Crippen molar-refractivity contribution in [2.75, 3.05) is 18.1 Å². The summed E-state index contributed by atoms with van der Waals surface area (Å²) in [5, 5.41) is 46.9. The van der Waals surface area contributed by atoms with Gasteiger partial charge in [-0.05, 0) is 56.9 Å². The lowest BCUT2D eigenvalue weighted by Gasteiger charge is -2.30. The van der Waals surface area contributed by atoms with Gasteiger partial charge in [0.2, 0.25) is 41.4 Å². The highest BCUT2D eigenvalue weighted by atomic mass is 32.2. The zero-order chi connectivity index (χ0) is 42.1. The van der Waals surface area contributed by atoms with Gasteiger partial charge in [0.15, 0.2) is 0 Å². The van der Waals surface area contributed by atoms with Crippen LogP contribution in [0.4, 0.5) is 5.69 Å². The molecule has 1 saturated heterocycles. The van der Waals surface area contributed by atoms with E-state index in [1.54, 1.807) is 13.8 Å².